The molecule has 4 rings (SSSR count). The molecule has 0 radical (unpaired) electrons. The Hall–Kier alpha value is -3.54. The number of fused-ring (bicyclic) bond motifs is 1. The molecule has 6 nitrogen and oxygen atoms in total. The highest BCUT2D eigenvalue weighted by molar-refractivity contribution is 6.04. The van der Waals surface area contributed by atoms with Crippen molar-refractivity contribution in [2.45, 2.75) is 64.7 Å². The van der Waals surface area contributed by atoms with Gasteiger partial charge in [0.1, 0.15) is 11.5 Å². The molecule has 1 aromatic heterocycles. The molecule has 1 amide bonds. The van der Waals surface area contributed by atoms with Gasteiger partial charge in [-0.1, -0.05) is 39.8 Å². The number of nitrogens with one attached hydrogen (secondary N) is 1. The highest BCUT2D eigenvalue weighted by atomic mass is 16.5. The summed E-state index contributed by atoms with van der Waals surface area (Å²) >= 11 is 0. The number of hydrogen-bond donors (Lipinski definition) is 1. The predicted molar refractivity (Wildman–Crippen MR) is 140 cm³/mol. The van der Waals surface area contributed by atoms with Crippen LogP contribution in [-0.2, 0) is 22.0 Å². The van der Waals surface area contributed by atoms with Gasteiger partial charge in [0.25, 0.3) is 5.91 Å². The Morgan fingerprint density at radius 1 is 0.944 bits per heavy atom. The van der Waals surface area contributed by atoms with Gasteiger partial charge < -0.3 is 19.2 Å². The van der Waals surface area contributed by atoms with E-state index in [0.717, 1.165) is 6.42 Å². The fraction of sp³-hybridized carbons (Fsp3) is 0.400. The minimum Gasteiger partial charge on any atom is -0.495 e. The third-order valence-corrected chi connectivity index (χ3v) is 7.43. The molecule has 1 aliphatic rings. The van der Waals surface area contributed by atoms with E-state index in [4.69, 9.17) is 13.9 Å². The fourth-order valence-electron chi connectivity index (χ4n) is 4.97. The molecule has 0 spiro atoms. The van der Waals surface area contributed by atoms with E-state index in [0.29, 0.717) is 29.2 Å². The topological polar surface area (TPSA) is 77.8 Å². The van der Waals surface area contributed by atoms with Crippen molar-refractivity contribution in [3.8, 4) is 5.75 Å². The molecular weight excluding hydrogens is 454 g/mol. The van der Waals surface area contributed by atoms with Gasteiger partial charge in [-0.05, 0) is 83.2 Å². The van der Waals surface area contributed by atoms with E-state index in [9.17, 15) is 9.59 Å². The van der Waals surface area contributed by atoms with Crippen LogP contribution in [0.25, 0.3) is 0 Å². The number of esters is 1. The number of amides is 1. The van der Waals surface area contributed by atoms with Crippen LogP contribution in [0.3, 0.4) is 0 Å². The molecule has 0 fully saturated rings. The fourth-order valence-corrected chi connectivity index (χ4v) is 4.97. The summed E-state index contributed by atoms with van der Waals surface area (Å²) in [6.07, 6.45) is 2.93. The van der Waals surface area contributed by atoms with Gasteiger partial charge in [0, 0.05) is 6.42 Å². The van der Waals surface area contributed by atoms with Crippen LogP contribution in [0.1, 0.15) is 89.5 Å². The lowest BCUT2D eigenvalue weighted by Crippen LogP contribution is -2.34. The largest absolute Gasteiger partial charge is 0.495 e. The van der Waals surface area contributed by atoms with Gasteiger partial charge in [-0.15, -0.1) is 0 Å². The molecule has 6 heteroatoms. The maximum Gasteiger partial charge on any atom is 0.337 e. The van der Waals surface area contributed by atoms with Crippen LogP contribution in [0.4, 0.5) is 5.69 Å². The standard InChI is InChI=1S/C30H35NO5/c1-18-14-22-23(30(4,5)13-12-29(22,2)3)16-20(18)15-21-9-11-26(36-21)27(32)31-24-17-19(28(33)35-7)8-10-25(24)34-6/h8-11,14,16-17H,12-13,15H2,1-7H3,(H,31,32). The van der Waals surface area contributed by atoms with Gasteiger partial charge in [0.2, 0.25) is 0 Å². The summed E-state index contributed by atoms with van der Waals surface area (Å²) in [5, 5.41) is 2.78. The van der Waals surface area contributed by atoms with Gasteiger partial charge in [0.15, 0.2) is 5.76 Å². The number of methoxy groups -OCH3 is 2. The molecule has 2 aromatic carbocycles. The molecule has 1 aliphatic carbocycles. The molecule has 36 heavy (non-hydrogen) atoms. The van der Waals surface area contributed by atoms with E-state index >= 15 is 0 Å². The van der Waals surface area contributed by atoms with E-state index in [1.165, 1.54) is 49.0 Å². The van der Waals surface area contributed by atoms with Crippen molar-refractivity contribution >= 4 is 17.6 Å². The first-order valence-electron chi connectivity index (χ1n) is 12.3. The number of anilines is 1. The number of aryl methyl sites for hydroxylation is 1. The van der Waals surface area contributed by atoms with E-state index in [1.807, 2.05) is 6.07 Å². The Balaban J connectivity index is 1.56. The predicted octanol–water partition coefficient (Wildman–Crippen LogP) is 6.58. The van der Waals surface area contributed by atoms with Crippen LogP contribution in [0.5, 0.6) is 5.75 Å². The van der Waals surface area contributed by atoms with Crippen LogP contribution < -0.4 is 10.1 Å². The minimum absolute atomic E-state index is 0.124. The van der Waals surface area contributed by atoms with E-state index < -0.39 is 11.9 Å². The summed E-state index contributed by atoms with van der Waals surface area (Å²) in [6, 6.07) is 12.9. The summed E-state index contributed by atoms with van der Waals surface area (Å²) in [7, 11) is 2.80. The highest BCUT2D eigenvalue weighted by Crippen LogP contribution is 2.46. The van der Waals surface area contributed by atoms with Crippen molar-refractivity contribution < 1.29 is 23.5 Å². The number of carbonyl (C=O) groups excluding carboxylic acids is 2. The van der Waals surface area contributed by atoms with E-state index in [1.54, 1.807) is 18.2 Å². The summed E-state index contributed by atoms with van der Waals surface area (Å²) in [5.74, 6) is 0.406. The Kier molecular flexibility index (Phi) is 6.74. The lowest BCUT2D eigenvalue weighted by Gasteiger charge is -2.42. The highest BCUT2D eigenvalue weighted by Gasteiger charge is 2.37. The lowest BCUT2D eigenvalue weighted by molar-refractivity contribution is 0.0600. The van der Waals surface area contributed by atoms with Gasteiger partial charge in [0.05, 0.1) is 25.5 Å². The summed E-state index contributed by atoms with van der Waals surface area (Å²) in [6.45, 7) is 11.4. The molecule has 0 saturated heterocycles. The summed E-state index contributed by atoms with van der Waals surface area (Å²) < 4.78 is 16.0. The average molecular weight is 490 g/mol. The monoisotopic (exact) mass is 489 g/mol. The normalized spacial score (nSPS) is 15.6. The van der Waals surface area contributed by atoms with Crippen molar-refractivity contribution in [3.05, 3.63) is 81.8 Å². The summed E-state index contributed by atoms with van der Waals surface area (Å²) in [4.78, 5) is 24.8. The Labute approximate surface area is 213 Å². The van der Waals surface area contributed by atoms with Crippen LogP contribution >= 0.6 is 0 Å². The SMILES string of the molecule is COC(=O)c1ccc(OC)c(NC(=O)c2ccc(Cc3cc4c(cc3C)C(C)(C)CCC4(C)C)o2)c1. The van der Waals surface area contributed by atoms with Crippen LogP contribution in [-0.4, -0.2) is 26.1 Å². The Bertz CT molecular complexity index is 1310. The average Bonchev–Trinajstić information content (AvgIpc) is 3.31. The Morgan fingerprint density at radius 2 is 1.61 bits per heavy atom. The van der Waals surface area contributed by atoms with Crippen LogP contribution in [0.2, 0.25) is 0 Å². The van der Waals surface area contributed by atoms with Crippen molar-refractivity contribution in [2.24, 2.45) is 0 Å². The van der Waals surface area contributed by atoms with Gasteiger partial charge in [-0.2, -0.15) is 0 Å². The maximum absolute atomic E-state index is 12.9. The zero-order chi connectivity index (χ0) is 26.3. The number of rotatable bonds is 6. The third-order valence-electron chi connectivity index (χ3n) is 7.43. The van der Waals surface area contributed by atoms with Crippen molar-refractivity contribution in [1.29, 1.82) is 0 Å². The second-order valence-corrected chi connectivity index (χ2v) is 10.9. The molecule has 190 valence electrons. The minimum atomic E-state index is -0.500. The molecule has 0 aliphatic heterocycles. The first-order chi connectivity index (χ1) is 16.9. The van der Waals surface area contributed by atoms with Crippen molar-refractivity contribution in [1.82, 2.24) is 0 Å². The van der Waals surface area contributed by atoms with E-state index in [2.05, 4.69) is 52.1 Å². The molecule has 1 N–H and O–H groups in total. The summed E-state index contributed by atoms with van der Waals surface area (Å²) in [5.41, 5.74) is 6.22. The molecule has 0 atom stereocenters. The van der Waals surface area contributed by atoms with Gasteiger partial charge in [-0.25, -0.2) is 4.79 Å². The van der Waals surface area contributed by atoms with Crippen LogP contribution in [0.15, 0.2) is 46.9 Å². The molecule has 3 aromatic rings. The molecular formula is C30H35NO5. The van der Waals surface area contributed by atoms with Crippen molar-refractivity contribution in [3.63, 3.8) is 0 Å². The lowest BCUT2D eigenvalue weighted by atomic mass is 9.62. The van der Waals surface area contributed by atoms with Gasteiger partial charge in [-0.3, -0.25) is 4.79 Å². The molecule has 1 heterocycles. The molecule has 0 unspecified atom stereocenters. The number of ether oxygens (including phenoxy) is 2. The molecule has 0 bridgehead atoms. The van der Waals surface area contributed by atoms with E-state index in [-0.39, 0.29) is 16.6 Å². The van der Waals surface area contributed by atoms with Crippen molar-refractivity contribution in [2.75, 3.05) is 19.5 Å². The number of carbonyl (C=O) groups is 2. The first kappa shape index (κ1) is 25.5. The number of benzene rings is 2. The third kappa shape index (κ3) is 4.90. The molecule has 0 saturated carbocycles. The Morgan fingerprint density at radius 3 is 2.25 bits per heavy atom. The number of furan rings is 1. The smallest absolute Gasteiger partial charge is 0.337 e. The van der Waals surface area contributed by atoms with Gasteiger partial charge >= 0.3 is 5.97 Å². The van der Waals surface area contributed by atoms with Crippen LogP contribution in [0, 0.1) is 6.92 Å². The zero-order valence-corrected chi connectivity index (χ0v) is 22.2. The number of hydrogen-bond acceptors (Lipinski definition) is 5. The second-order valence-electron chi connectivity index (χ2n) is 10.9. The zero-order valence-electron chi connectivity index (χ0n) is 22.2. The first-order valence-corrected chi connectivity index (χ1v) is 12.3. The second kappa shape index (κ2) is 9.49. The maximum atomic E-state index is 12.9. The quantitative estimate of drug-likeness (QED) is 0.396.